The predicted molar refractivity (Wildman–Crippen MR) is 96.3 cm³/mol. The van der Waals surface area contributed by atoms with Gasteiger partial charge in [0.2, 0.25) is 0 Å². The molecule has 128 valence electrons. The monoisotopic (exact) mass is 382 g/mol. The summed E-state index contributed by atoms with van der Waals surface area (Å²) in [5, 5.41) is 3.67. The van der Waals surface area contributed by atoms with Crippen molar-refractivity contribution >= 4 is 15.9 Å². The minimum Gasteiger partial charge on any atom is -0.493 e. The topological polar surface area (TPSA) is 33.7 Å². The fourth-order valence-electron chi connectivity index (χ4n) is 3.89. The molecule has 1 aromatic carbocycles. The minimum atomic E-state index is 0.768. The smallest absolute Gasteiger partial charge is 0.161 e. The van der Waals surface area contributed by atoms with E-state index in [1.165, 1.54) is 50.9 Å². The highest BCUT2D eigenvalue weighted by molar-refractivity contribution is 9.10. The average Bonchev–Trinajstić information content (AvgIpc) is 3.11. The third-order valence-corrected chi connectivity index (χ3v) is 5.98. The Morgan fingerprint density at radius 2 is 1.83 bits per heavy atom. The van der Waals surface area contributed by atoms with Gasteiger partial charge in [0.25, 0.3) is 0 Å². The first-order valence-electron chi connectivity index (χ1n) is 8.57. The summed E-state index contributed by atoms with van der Waals surface area (Å²) in [5.74, 6) is 2.44. The summed E-state index contributed by atoms with van der Waals surface area (Å²) in [6, 6.07) is 4.86. The molecule has 0 amide bonds. The minimum absolute atomic E-state index is 0.768. The standard InChI is InChI=1S/C18H27BrN2O2/c1-22-17-10-14(15(19)11-18(17)23-2)12-21-8-5-13(6-9-21)16-4-3-7-20-16/h10-11,13,16,20H,3-9,12H2,1-2H3. The van der Waals surface area contributed by atoms with Crippen molar-refractivity contribution in [1.82, 2.24) is 10.2 Å². The normalized spacial score (nSPS) is 23.2. The fraction of sp³-hybridized carbons (Fsp3) is 0.667. The summed E-state index contributed by atoms with van der Waals surface area (Å²) in [6.07, 6.45) is 5.33. The average molecular weight is 383 g/mol. The molecule has 0 aliphatic carbocycles. The molecule has 2 fully saturated rings. The second kappa shape index (κ2) is 7.86. The van der Waals surface area contributed by atoms with Crippen LogP contribution in [0.4, 0.5) is 0 Å². The Morgan fingerprint density at radius 1 is 1.13 bits per heavy atom. The van der Waals surface area contributed by atoms with Gasteiger partial charge in [-0.3, -0.25) is 4.90 Å². The van der Waals surface area contributed by atoms with Crippen molar-refractivity contribution in [3.63, 3.8) is 0 Å². The van der Waals surface area contributed by atoms with E-state index in [4.69, 9.17) is 9.47 Å². The molecule has 1 N–H and O–H groups in total. The van der Waals surface area contributed by atoms with Crippen LogP contribution in [0, 0.1) is 5.92 Å². The Hall–Kier alpha value is -0.780. The second-order valence-corrected chi connectivity index (χ2v) is 7.47. The van der Waals surface area contributed by atoms with Crippen LogP contribution in [0.3, 0.4) is 0 Å². The van der Waals surface area contributed by atoms with Crippen molar-refractivity contribution in [2.45, 2.75) is 38.3 Å². The molecule has 1 aromatic rings. The van der Waals surface area contributed by atoms with E-state index in [0.717, 1.165) is 34.5 Å². The highest BCUT2D eigenvalue weighted by Crippen LogP contribution is 2.34. The lowest BCUT2D eigenvalue weighted by atomic mass is 9.88. The van der Waals surface area contributed by atoms with Crippen LogP contribution >= 0.6 is 15.9 Å². The largest absolute Gasteiger partial charge is 0.493 e. The van der Waals surface area contributed by atoms with Gasteiger partial charge in [-0.25, -0.2) is 0 Å². The molecule has 3 rings (SSSR count). The van der Waals surface area contributed by atoms with E-state index in [0.29, 0.717) is 0 Å². The molecule has 0 aromatic heterocycles. The van der Waals surface area contributed by atoms with Crippen LogP contribution in [-0.2, 0) is 6.54 Å². The van der Waals surface area contributed by atoms with Crippen LogP contribution in [0.5, 0.6) is 11.5 Å². The van der Waals surface area contributed by atoms with E-state index in [9.17, 15) is 0 Å². The van der Waals surface area contributed by atoms with Crippen molar-refractivity contribution in [3.05, 3.63) is 22.2 Å². The predicted octanol–water partition coefficient (Wildman–Crippen LogP) is 3.43. The Bertz CT molecular complexity index is 524. The number of rotatable bonds is 5. The molecule has 1 atom stereocenters. The summed E-state index contributed by atoms with van der Waals surface area (Å²) in [4.78, 5) is 2.55. The summed E-state index contributed by atoms with van der Waals surface area (Å²) in [7, 11) is 3.36. The number of benzene rings is 1. The Labute approximate surface area is 147 Å². The summed E-state index contributed by atoms with van der Waals surface area (Å²) in [6.45, 7) is 4.54. The van der Waals surface area contributed by atoms with Crippen LogP contribution < -0.4 is 14.8 Å². The highest BCUT2D eigenvalue weighted by Gasteiger charge is 2.28. The maximum absolute atomic E-state index is 5.43. The number of likely N-dealkylation sites (tertiary alicyclic amines) is 1. The van der Waals surface area contributed by atoms with Gasteiger partial charge < -0.3 is 14.8 Å². The Kier molecular flexibility index (Phi) is 5.83. The van der Waals surface area contributed by atoms with Crippen LogP contribution in [-0.4, -0.2) is 44.8 Å². The van der Waals surface area contributed by atoms with E-state index in [1.54, 1.807) is 14.2 Å². The molecule has 23 heavy (non-hydrogen) atoms. The molecule has 0 spiro atoms. The maximum atomic E-state index is 5.43. The first-order chi connectivity index (χ1) is 11.2. The number of hydrogen-bond acceptors (Lipinski definition) is 4. The van der Waals surface area contributed by atoms with Gasteiger partial charge in [0.1, 0.15) is 0 Å². The first-order valence-corrected chi connectivity index (χ1v) is 9.36. The zero-order valence-corrected chi connectivity index (χ0v) is 15.7. The van der Waals surface area contributed by atoms with Gasteiger partial charge >= 0.3 is 0 Å². The van der Waals surface area contributed by atoms with Crippen molar-refractivity contribution < 1.29 is 9.47 Å². The van der Waals surface area contributed by atoms with Crippen LogP contribution in [0.1, 0.15) is 31.2 Å². The lowest BCUT2D eigenvalue weighted by Crippen LogP contribution is -2.40. The highest BCUT2D eigenvalue weighted by atomic mass is 79.9. The van der Waals surface area contributed by atoms with Crippen molar-refractivity contribution in [3.8, 4) is 11.5 Å². The SMILES string of the molecule is COc1cc(Br)c(CN2CCC(C3CCCN3)CC2)cc1OC. The molecule has 2 saturated heterocycles. The fourth-order valence-corrected chi connectivity index (χ4v) is 4.33. The van der Waals surface area contributed by atoms with Gasteiger partial charge in [-0.15, -0.1) is 0 Å². The van der Waals surface area contributed by atoms with Gasteiger partial charge in [0, 0.05) is 17.1 Å². The molecule has 0 radical (unpaired) electrons. The summed E-state index contributed by atoms with van der Waals surface area (Å²) < 4.78 is 11.9. The number of ether oxygens (including phenoxy) is 2. The molecule has 2 aliphatic rings. The third kappa shape index (κ3) is 4.01. The molecule has 2 heterocycles. The summed E-state index contributed by atoms with van der Waals surface area (Å²) >= 11 is 3.67. The van der Waals surface area contributed by atoms with Crippen LogP contribution in [0.25, 0.3) is 0 Å². The van der Waals surface area contributed by atoms with Gasteiger partial charge in [-0.2, -0.15) is 0 Å². The number of nitrogens with one attached hydrogen (secondary N) is 1. The quantitative estimate of drug-likeness (QED) is 0.845. The van der Waals surface area contributed by atoms with E-state index in [2.05, 4.69) is 32.2 Å². The molecule has 4 nitrogen and oxygen atoms in total. The molecule has 0 saturated carbocycles. The molecular weight excluding hydrogens is 356 g/mol. The Balaban J connectivity index is 1.60. The van der Waals surface area contributed by atoms with E-state index >= 15 is 0 Å². The molecular formula is C18H27BrN2O2. The molecule has 1 unspecified atom stereocenters. The van der Waals surface area contributed by atoms with Gasteiger partial charge in [0.05, 0.1) is 14.2 Å². The molecule has 2 aliphatic heterocycles. The van der Waals surface area contributed by atoms with Gasteiger partial charge in [-0.1, -0.05) is 15.9 Å². The number of piperidine rings is 1. The number of methoxy groups -OCH3 is 2. The van der Waals surface area contributed by atoms with Crippen LogP contribution in [0.15, 0.2) is 16.6 Å². The Morgan fingerprint density at radius 3 is 2.43 bits per heavy atom. The van der Waals surface area contributed by atoms with Crippen LogP contribution in [0.2, 0.25) is 0 Å². The van der Waals surface area contributed by atoms with Gasteiger partial charge in [-0.05, 0) is 68.9 Å². The molecule has 5 heteroatoms. The number of halogens is 1. The van der Waals surface area contributed by atoms with Crippen molar-refractivity contribution in [2.75, 3.05) is 33.9 Å². The summed E-state index contributed by atoms with van der Waals surface area (Å²) in [5.41, 5.74) is 1.26. The number of nitrogens with zero attached hydrogens (tertiary/aromatic N) is 1. The first kappa shape index (κ1) is 17.1. The lowest BCUT2D eigenvalue weighted by molar-refractivity contribution is 0.157. The zero-order chi connectivity index (χ0) is 16.2. The van der Waals surface area contributed by atoms with E-state index in [1.807, 2.05) is 6.07 Å². The second-order valence-electron chi connectivity index (χ2n) is 6.62. The van der Waals surface area contributed by atoms with E-state index < -0.39 is 0 Å². The zero-order valence-electron chi connectivity index (χ0n) is 14.1. The molecule has 0 bridgehead atoms. The lowest BCUT2D eigenvalue weighted by Gasteiger charge is -2.35. The van der Waals surface area contributed by atoms with Gasteiger partial charge in [0.15, 0.2) is 11.5 Å². The van der Waals surface area contributed by atoms with E-state index in [-0.39, 0.29) is 0 Å². The third-order valence-electron chi connectivity index (χ3n) is 5.25. The number of hydrogen-bond donors (Lipinski definition) is 1. The van der Waals surface area contributed by atoms with Crippen molar-refractivity contribution in [1.29, 1.82) is 0 Å². The van der Waals surface area contributed by atoms with Crippen molar-refractivity contribution in [2.24, 2.45) is 5.92 Å². The maximum Gasteiger partial charge on any atom is 0.161 e.